The highest BCUT2D eigenvalue weighted by molar-refractivity contribution is 7.86. The van der Waals surface area contributed by atoms with Gasteiger partial charge in [-0.25, -0.2) is 4.99 Å². The molecule has 9 nitrogen and oxygen atoms in total. The smallest absolute Gasteiger partial charge is 0.306 e. The van der Waals surface area contributed by atoms with Gasteiger partial charge in [0.1, 0.15) is 11.5 Å². The minimum atomic E-state index is -4.01. The van der Waals surface area contributed by atoms with E-state index in [0.29, 0.717) is 28.2 Å². The van der Waals surface area contributed by atoms with Crippen LogP contribution in [-0.2, 0) is 20.5 Å². The van der Waals surface area contributed by atoms with Crippen molar-refractivity contribution in [3.63, 3.8) is 0 Å². The monoisotopic (exact) mass is 509 g/mol. The lowest BCUT2D eigenvalue weighted by Gasteiger charge is -2.30. The number of guanidine groups is 1. The number of methoxy groups -OCH3 is 2. The Labute approximate surface area is 210 Å². The SMILES string of the molecule is COc1cc(OS(C)(=O)=O)c(C2(c3ccc(OC)c(C)c3)N=C(N)N(C)C2=O)c(-c2ccccc2)c1. The number of nitrogens with two attached hydrogens (primary N) is 1. The summed E-state index contributed by atoms with van der Waals surface area (Å²) in [6.45, 7) is 1.84. The molecule has 36 heavy (non-hydrogen) atoms. The van der Waals surface area contributed by atoms with Crippen molar-refractivity contribution in [1.29, 1.82) is 0 Å². The number of aryl methyl sites for hydroxylation is 1. The zero-order valence-corrected chi connectivity index (χ0v) is 21.4. The van der Waals surface area contributed by atoms with Gasteiger partial charge in [-0.3, -0.25) is 9.69 Å². The van der Waals surface area contributed by atoms with Crippen LogP contribution in [0.25, 0.3) is 11.1 Å². The zero-order chi connectivity index (χ0) is 26.3. The highest BCUT2D eigenvalue weighted by atomic mass is 32.2. The Balaban J connectivity index is 2.19. The molecule has 0 spiro atoms. The number of hydrogen-bond acceptors (Lipinski definition) is 8. The fourth-order valence-corrected chi connectivity index (χ4v) is 4.85. The summed E-state index contributed by atoms with van der Waals surface area (Å²) < 4.78 is 41.1. The summed E-state index contributed by atoms with van der Waals surface area (Å²) >= 11 is 0. The van der Waals surface area contributed by atoms with Gasteiger partial charge >= 0.3 is 10.1 Å². The molecule has 1 amide bonds. The van der Waals surface area contributed by atoms with E-state index in [0.717, 1.165) is 11.8 Å². The molecule has 1 unspecified atom stereocenters. The van der Waals surface area contributed by atoms with E-state index in [2.05, 4.69) is 4.99 Å². The molecule has 1 aliphatic rings. The van der Waals surface area contributed by atoms with Crippen LogP contribution in [0, 0.1) is 6.92 Å². The quantitative estimate of drug-likeness (QED) is 0.486. The van der Waals surface area contributed by atoms with Crippen molar-refractivity contribution >= 4 is 22.0 Å². The van der Waals surface area contributed by atoms with E-state index in [4.69, 9.17) is 19.4 Å². The van der Waals surface area contributed by atoms with Crippen molar-refractivity contribution in [2.75, 3.05) is 27.5 Å². The predicted molar refractivity (Wildman–Crippen MR) is 137 cm³/mol. The molecule has 0 fully saturated rings. The van der Waals surface area contributed by atoms with Crippen molar-refractivity contribution in [1.82, 2.24) is 4.90 Å². The maximum atomic E-state index is 14.0. The van der Waals surface area contributed by atoms with Gasteiger partial charge in [0, 0.05) is 18.7 Å². The van der Waals surface area contributed by atoms with Crippen molar-refractivity contribution in [3.8, 4) is 28.4 Å². The van der Waals surface area contributed by atoms with Crippen molar-refractivity contribution in [3.05, 3.63) is 77.4 Å². The molecule has 0 aliphatic carbocycles. The first kappa shape index (κ1) is 25.1. The van der Waals surface area contributed by atoms with Gasteiger partial charge in [-0.2, -0.15) is 8.42 Å². The highest BCUT2D eigenvalue weighted by Gasteiger charge is 2.53. The molecule has 3 aromatic carbocycles. The van der Waals surface area contributed by atoms with Crippen LogP contribution < -0.4 is 19.4 Å². The van der Waals surface area contributed by atoms with Gasteiger partial charge in [-0.05, 0) is 47.4 Å². The van der Waals surface area contributed by atoms with Crippen molar-refractivity contribution < 1.29 is 26.9 Å². The van der Waals surface area contributed by atoms with Gasteiger partial charge in [0.15, 0.2) is 17.2 Å². The van der Waals surface area contributed by atoms with Crippen LogP contribution >= 0.6 is 0 Å². The molecule has 0 saturated carbocycles. The Bertz CT molecular complexity index is 1470. The van der Waals surface area contributed by atoms with Gasteiger partial charge in [-0.15, -0.1) is 0 Å². The van der Waals surface area contributed by atoms with Gasteiger partial charge in [0.25, 0.3) is 5.91 Å². The molecule has 0 bridgehead atoms. The van der Waals surface area contributed by atoms with E-state index in [1.54, 1.807) is 31.4 Å². The first-order valence-electron chi connectivity index (χ1n) is 11.0. The summed E-state index contributed by atoms with van der Waals surface area (Å²) in [5.41, 5.74) is 7.09. The summed E-state index contributed by atoms with van der Waals surface area (Å²) in [6.07, 6.45) is 0.933. The Morgan fingerprint density at radius 2 is 1.67 bits per heavy atom. The average molecular weight is 510 g/mol. The van der Waals surface area contributed by atoms with Gasteiger partial charge in [-0.1, -0.05) is 36.4 Å². The number of carbonyl (C=O) groups is 1. The summed E-state index contributed by atoms with van der Waals surface area (Å²) in [5, 5.41) is 0. The van der Waals surface area contributed by atoms with E-state index in [1.807, 2.05) is 37.3 Å². The average Bonchev–Trinajstić information content (AvgIpc) is 3.07. The molecule has 0 saturated heterocycles. The molecule has 1 aliphatic heterocycles. The molecular formula is C26H27N3O6S. The minimum Gasteiger partial charge on any atom is -0.497 e. The maximum absolute atomic E-state index is 14.0. The molecule has 10 heteroatoms. The van der Waals surface area contributed by atoms with Crippen molar-refractivity contribution in [2.45, 2.75) is 12.5 Å². The highest BCUT2D eigenvalue weighted by Crippen LogP contribution is 2.50. The fourth-order valence-electron chi connectivity index (χ4n) is 4.40. The van der Waals surface area contributed by atoms with Crippen LogP contribution in [0.15, 0.2) is 65.7 Å². The molecule has 0 radical (unpaired) electrons. The normalized spacial score (nSPS) is 17.6. The van der Waals surface area contributed by atoms with E-state index in [9.17, 15) is 13.2 Å². The number of aliphatic imine (C=N–C) groups is 1. The number of hydrogen-bond donors (Lipinski definition) is 1. The molecule has 1 atom stereocenters. The Morgan fingerprint density at radius 3 is 2.19 bits per heavy atom. The summed E-state index contributed by atoms with van der Waals surface area (Å²) in [7, 11) is 0.523. The summed E-state index contributed by atoms with van der Waals surface area (Å²) in [6, 6.07) is 17.6. The zero-order valence-electron chi connectivity index (χ0n) is 20.6. The molecule has 2 N–H and O–H groups in total. The number of benzene rings is 3. The summed E-state index contributed by atoms with van der Waals surface area (Å²) in [4.78, 5) is 19.9. The molecule has 3 aromatic rings. The third-order valence-corrected chi connectivity index (χ3v) is 6.53. The van der Waals surface area contributed by atoms with E-state index < -0.39 is 21.6 Å². The first-order chi connectivity index (χ1) is 17.0. The predicted octanol–water partition coefficient (Wildman–Crippen LogP) is 3.05. The second-order valence-electron chi connectivity index (χ2n) is 8.43. The number of amides is 1. The maximum Gasteiger partial charge on any atom is 0.306 e. The number of ether oxygens (including phenoxy) is 2. The van der Waals surface area contributed by atoms with Crippen LogP contribution in [0.2, 0.25) is 0 Å². The van der Waals surface area contributed by atoms with Crippen LogP contribution in [0.5, 0.6) is 17.2 Å². The lowest BCUT2D eigenvalue weighted by Crippen LogP contribution is -2.41. The van der Waals surface area contributed by atoms with Crippen LogP contribution in [0.4, 0.5) is 0 Å². The largest absolute Gasteiger partial charge is 0.497 e. The van der Waals surface area contributed by atoms with Gasteiger partial charge in [0.05, 0.1) is 20.5 Å². The first-order valence-corrected chi connectivity index (χ1v) is 12.8. The van der Waals surface area contributed by atoms with Crippen LogP contribution in [0.1, 0.15) is 16.7 Å². The summed E-state index contributed by atoms with van der Waals surface area (Å²) in [5.74, 6) is 0.381. The van der Waals surface area contributed by atoms with Gasteiger partial charge < -0.3 is 19.4 Å². The Hall–Kier alpha value is -4.05. The lowest BCUT2D eigenvalue weighted by molar-refractivity contribution is -0.129. The lowest BCUT2D eigenvalue weighted by atomic mass is 9.77. The number of likely N-dealkylation sites (N-methyl/N-ethyl adjacent to an activating group) is 1. The number of carbonyl (C=O) groups excluding carboxylic acids is 1. The Morgan fingerprint density at radius 1 is 0.972 bits per heavy atom. The van der Waals surface area contributed by atoms with Crippen molar-refractivity contribution in [2.24, 2.45) is 10.7 Å². The molecule has 4 rings (SSSR count). The standard InChI is InChI=1S/C26H27N3O6S/c1-16-13-18(11-12-21(16)34-4)26(24(30)29(2)25(27)28-26)23-20(17-9-7-6-8-10-17)14-19(33-3)15-22(23)35-36(5,31)32/h6-15H,1-5H3,(H2,27,28). The molecule has 1 heterocycles. The topological polar surface area (TPSA) is 121 Å². The van der Waals surface area contributed by atoms with Gasteiger partial charge in [0.2, 0.25) is 0 Å². The van der Waals surface area contributed by atoms with E-state index in [1.165, 1.54) is 25.1 Å². The second-order valence-corrected chi connectivity index (χ2v) is 10.0. The fraction of sp³-hybridized carbons (Fsp3) is 0.231. The third kappa shape index (κ3) is 4.24. The van der Waals surface area contributed by atoms with E-state index >= 15 is 0 Å². The Kier molecular flexibility index (Phi) is 6.40. The van der Waals surface area contributed by atoms with Crippen LogP contribution in [-0.4, -0.2) is 52.7 Å². The molecular weight excluding hydrogens is 482 g/mol. The molecule has 188 valence electrons. The third-order valence-electron chi connectivity index (χ3n) is 6.05. The van der Waals surface area contributed by atoms with E-state index in [-0.39, 0.29) is 17.3 Å². The molecule has 0 aromatic heterocycles. The minimum absolute atomic E-state index is 0.0198. The second kappa shape index (κ2) is 9.19. The number of nitrogens with zero attached hydrogens (tertiary/aromatic N) is 2. The van der Waals surface area contributed by atoms with Crippen LogP contribution in [0.3, 0.4) is 0 Å². The number of rotatable bonds is 7.